The van der Waals surface area contributed by atoms with Crippen molar-refractivity contribution in [1.29, 1.82) is 0 Å². The molecule has 0 radical (unpaired) electrons. The summed E-state index contributed by atoms with van der Waals surface area (Å²) < 4.78 is 5.62. The first-order valence-corrected chi connectivity index (χ1v) is 6.44. The maximum absolute atomic E-state index is 5.62. The standard InChI is InChI=1S/C15H25NO/c1-5-9-17-14-8-6-7-13(10-14)11-16-12-15(2,3)4/h6-8,10,16H,5,9,11-12H2,1-4H3. The maximum atomic E-state index is 5.62. The Labute approximate surface area is 105 Å². The predicted molar refractivity (Wildman–Crippen MR) is 73.4 cm³/mol. The summed E-state index contributed by atoms with van der Waals surface area (Å²) in [6.45, 7) is 11.5. The quantitative estimate of drug-likeness (QED) is 0.813. The van der Waals surface area contributed by atoms with E-state index in [0.717, 1.165) is 31.9 Å². The molecule has 0 spiro atoms. The third kappa shape index (κ3) is 6.32. The van der Waals surface area contributed by atoms with Crippen molar-refractivity contribution < 1.29 is 4.74 Å². The van der Waals surface area contributed by atoms with Crippen LogP contribution in [0.5, 0.6) is 5.75 Å². The van der Waals surface area contributed by atoms with Gasteiger partial charge in [-0.2, -0.15) is 0 Å². The van der Waals surface area contributed by atoms with E-state index >= 15 is 0 Å². The largest absolute Gasteiger partial charge is 0.494 e. The highest BCUT2D eigenvalue weighted by atomic mass is 16.5. The van der Waals surface area contributed by atoms with Gasteiger partial charge in [-0.3, -0.25) is 0 Å². The van der Waals surface area contributed by atoms with E-state index in [2.05, 4.69) is 51.2 Å². The van der Waals surface area contributed by atoms with Crippen LogP contribution in [0.4, 0.5) is 0 Å². The third-order valence-corrected chi connectivity index (χ3v) is 2.36. The Kier molecular flexibility index (Phi) is 5.49. The summed E-state index contributed by atoms with van der Waals surface area (Å²) >= 11 is 0. The Morgan fingerprint density at radius 1 is 1.24 bits per heavy atom. The van der Waals surface area contributed by atoms with Gasteiger partial charge in [-0.05, 0) is 29.5 Å². The Morgan fingerprint density at radius 2 is 2.00 bits per heavy atom. The lowest BCUT2D eigenvalue weighted by Crippen LogP contribution is -2.26. The molecule has 0 saturated carbocycles. The third-order valence-electron chi connectivity index (χ3n) is 2.36. The van der Waals surface area contributed by atoms with Crippen molar-refractivity contribution >= 4 is 0 Å². The van der Waals surface area contributed by atoms with Gasteiger partial charge in [0, 0.05) is 13.1 Å². The molecule has 1 rings (SSSR count). The Hall–Kier alpha value is -1.02. The minimum Gasteiger partial charge on any atom is -0.494 e. The number of hydrogen-bond acceptors (Lipinski definition) is 2. The lowest BCUT2D eigenvalue weighted by Gasteiger charge is -2.18. The van der Waals surface area contributed by atoms with E-state index in [4.69, 9.17) is 4.74 Å². The molecule has 0 amide bonds. The molecule has 0 aromatic heterocycles. The van der Waals surface area contributed by atoms with Gasteiger partial charge in [-0.25, -0.2) is 0 Å². The van der Waals surface area contributed by atoms with Crippen LogP contribution in [-0.2, 0) is 6.54 Å². The van der Waals surface area contributed by atoms with Crippen molar-refractivity contribution in [3.05, 3.63) is 29.8 Å². The highest BCUT2D eigenvalue weighted by Crippen LogP contribution is 2.14. The highest BCUT2D eigenvalue weighted by Gasteiger charge is 2.08. The van der Waals surface area contributed by atoms with Crippen molar-refractivity contribution in [2.75, 3.05) is 13.2 Å². The molecule has 0 aliphatic rings. The van der Waals surface area contributed by atoms with Gasteiger partial charge in [-0.15, -0.1) is 0 Å². The lowest BCUT2D eigenvalue weighted by atomic mass is 9.97. The molecule has 2 heteroatoms. The first-order chi connectivity index (χ1) is 8.01. The number of benzene rings is 1. The highest BCUT2D eigenvalue weighted by molar-refractivity contribution is 5.28. The van der Waals surface area contributed by atoms with E-state index < -0.39 is 0 Å². The zero-order valence-electron chi connectivity index (χ0n) is 11.5. The molecule has 0 aliphatic heterocycles. The summed E-state index contributed by atoms with van der Waals surface area (Å²) in [5.74, 6) is 0.974. The van der Waals surface area contributed by atoms with Crippen molar-refractivity contribution in [3.63, 3.8) is 0 Å². The number of nitrogens with one attached hydrogen (secondary N) is 1. The van der Waals surface area contributed by atoms with Gasteiger partial charge in [0.1, 0.15) is 5.75 Å². The van der Waals surface area contributed by atoms with Crippen LogP contribution in [-0.4, -0.2) is 13.2 Å². The molecule has 1 aromatic rings. The van der Waals surface area contributed by atoms with Gasteiger partial charge in [0.05, 0.1) is 6.61 Å². The molecule has 2 nitrogen and oxygen atoms in total. The van der Waals surface area contributed by atoms with E-state index in [-0.39, 0.29) is 0 Å². The van der Waals surface area contributed by atoms with E-state index in [1.807, 2.05) is 6.07 Å². The molecule has 17 heavy (non-hydrogen) atoms. The summed E-state index contributed by atoms with van der Waals surface area (Å²) in [7, 11) is 0. The lowest BCUT2D eigenvalue weighted by molar-refractivity contribution is 0.317. The SMILES string of the molecule is CCCOc1cccc(CNCC(C)(C)C)c1. The molecule has 0 atom stereocenters. The van der Waals surface area contributed by atoms with E-state index in [1.165, 1.54) is 5.56 Å². The predicted octanol–water partition coefficient (Wildman–Crippen LogP) is 3.61. The smallest absolute Gasteiger partial charge is 0.119 e. The van der Waals surface area contributed by atoms with Gasteiger partial charge in [0.2, 0.25) is 0 Å². The Bertz CT molecular complexity index is 328. The van der Waals surface area contributed by atoms with Crippen LogP contribution in [0.2, 0.25) is 0 Å². The summed E-state index contributed by atoms with van der Waals surface area (Å²) in [6, 6.07) is 8.32. The fourth-order valence-corrected chi connectivity index (χ4v) is 1.55. The molecule has 0 aliphatic carbocycles. The van der Waals surface area contributed by atoms with Crippen molar-refractivity contribution in [2.45, 2.75) is 40.7 Å². The topological polar surface area (TPSA) is 21.3 Å². The molecule has 0 fully saturated rings. The zero-order chi connectivity index (χ0) is 12.7. The summed E-state index contributed by atoms with van der Waals surface area (Å²) in [6.07, 6.45) is 1.05. The van der Waals surface area contributed by atoms with Gasteiger partial charge in [0.15, 0.2) is 0 Å². The Balaban J connectivity index is 2.43. The number of rotatable bonds is 6. The van der Waals surface area contributed by atoms with Crippen LogP contribution in [0, 0.1) is 5.41 Å². The average Bonchev–Trinajstić information content (AvgIpc) is 2.25. The molecular weight excluding hydrogens is 210 g/mol. The van der Waals surface area contributed by atoms with Gasteiger partial charge in [0.25, 0.3) is 0 Å². The molecule has 0 bridgehead atoms. The average molecular weight is 235 g/mol. The summed E-state index contributed by atoms with van der Waals surface area (Å²) in [5, 5.41) is 3.47. The minimum atomic E-state index is 0.330. The van der Waals surface area contributed by atoms with Crippen LogP contribution >= 0.6 is 0 Å². The number of hydrogen-bond donors (Lipinski definition) is 1. The van der Waals surface area contributed by atoms with Crippen molar-refractivity contribution in [2.24, 2.45) is 5.41 Å². The van der Waals surface area contributed by atoms with Crippen LogP contribution < -0.4 is 10.1 Å². The minimum absolute atomic E-state index is 0.330. The van der Waals surface area contributed by atoms with Crippen molar-refractivity contribution in [3.8, 4) is 5.75 Å². The number of ether oxygens (including phenoxy) is 1. The van der Waals surface area contributed by atoms with E-state index in [9.17, 15) is 0 Å². The summed E-state index contributed by atoms with van der Waals surface area (Å²) in [5.41, 5.74) is 1.61. The monoisotopic (exact) mass is 235 g/mol. The van der Waals surface area contributed by atoms with Crippen LogP contribution in [0.3, 0.4) is 0 Å². The molecular formula is C15H25NO. The summed E-state index contributed by atoms with van der Waals surface area (Å²) in [4.78, 5) is 0. The second-order valence-corrected chi connectivity index (χ2v) is 5.66. The van der Waals surface area contributed by atoms with E-state index in [0.29, 0.717) is 5.41 Å². The first-order valence-electron chi connectivity index (χ1n) is 6.44. The van der Waals surface area contributed by atoms with Crippen molar-refractivity contribution in [1.82, 2.24) is 5.32 Å². The van der Waals surface area contributed by atoms with Gasteiger partial charge >= 0.3 is 0 Å². The fraction of sp³-hybridized carbons (Fsp3) is 0.600. The second kappa shape index (κ2) is 6.65. The first kappa shape index (κ1) is 14.0. The fourth-order valence-electron chi connectivity index (χ4n) is 1.55. The van der Waals surface area contributed by atoms with Crippen LogP contribution in [0.1, 0.15) is 39.7 Å². The molecule has 0 heterocycles. The molecule has 0 unspecified atom stereocenters. The van der Waals surface area contributed by atoms with E-state index in [1.54, 1.807) is 0 Å². The van der Waals surface area contributed by atoms with Crippen LogP contribution in [0.25, 0.3) is 0 Å². The van der Waals surface area contributed by atoms with Gasteiger partial charge < -0.3 is 10.1 Å². The Morgan fingerprint density at radius 3 is 2.65 bits per heavy atom. The molecule has 1 N–H and O–H groups in total. The zero-order valence-corrected chi connectivity index (χ0v) is 11.5. The van der Waals surface area contributed by atoms with Gasteiger partial charge in [-0.1, -0.05) is 39.8 Å². The normalized spacial score (nSPS) is 11.5. The molecule has 96 valence electrons. The maximum Gasteiger partial charge on any atom is 0.119 e. The van der Waals surface area contributed by atoms with Crippen LogP contribution in [0.15, 0.2) is 24.3 Å². The molecule has 0 saturated heterocycles. The second-order valence-electron chi connectivity index (χ2n) is 5.66. The molecule has 1 aromatic carbocycles.